The van der Waals surface area contributed by atoms with E-state index in [1.807, 2.05) is 83.4 Å². The number of amides is 1. The van der Waals surface area contributed by atoms with Gasteiger partial charge in [-0.05, 0) is 42.0 Å². The molecule has 0 atom stereocenters. The zero-order valence-corrected chi connectivity index (χ0v) is 20.6. The van der Waals surface area contributed by atoms with E-state index < -0.39 is 0 Å². The molecule has 32 heavy (non-hydrogen) atoms. The van der Waals surface area contributed by atoms with Crippen molar-refractivity contribution >= 4 is 55.7 Å². The molecule has 0 fully saturated rings. The van der Waals surface area contributed by atoms with Crippen molar-refractivity contribution < 1.29 is 4.79 Å². The third-order valence-electron chi connectivity index (χ3n) is 4.33. The summed E-state index contributed by atoms with van der Waals surface area (Å²) in [5, 5.41) is 13.4. The molecule has 9 heteroatoms. The molecule has 0 spiro atoms. The summed E-state index contributed by atoms with van der Waals surface area (Å²) in [5.74, 6) is 0.635. The average Bonchev–Trinajstić information content (AvgIpc) is 3.23. The molecule has 0 radical (unpaired) electrons. The minimum Gasteiger partial charge on any atom is -0.272 e. The van der Waals surface area contributed by atoms with E-state index in [1.54, 1.807) is 6.21 Å². The summed E-state index contributed by atoms with van der Waals surface area (Å²) in [6, 6.07) is 25.4. The van der Waals surface area contributed by atoms with E-state index in [9.17, 15) is 4.79 Å². The van der Waals surface area contributed by atoms with Crippen molar-refractivity contribution in [3.05, 3.63) is 93.4 Å². The topological polar surface area (TPSA) is 72.2 Å². The highest BCUT2D eigenvalue weighted by atomic mass is 79.9. The molecule has 1 heterocycles. The molecule has 0 saturated carbocycles. The molecule has 0 aliphatic rings. The molecule has 4 rings (SSSR count). The van der Waals surface area contributed by atoms with Crippen LogP contribution < -0.4 is 5.43 Å². The van der Waals surface area contributed by atoms with Gasteiger partial charge in [-0.25, -0.2) is 5.43 Å². The number of hydrogen-bond acceptors (Lipinski definition) is 5. The number of benzene rings is 3. The molecule has 0 bridgehead atoms. The Morgan fingerprint density at radius 2 is 1.75 bits per heavy atom. The summed E-state index contributed by atoms with van der Waals surface area (Å²) in [6.45, 7) is 0. The van der Waals surface area contributed by atoms with Crippen LogP contribution in [0.15, 0.2) is 98.1 Å². The zero-order chi connectivity index (χ0) is 22.3. The Labute approximate surface area is 206 Å². The molecule has 0 aliphatic carbocycles. The quantitative estimate of drug-likeness (QED) is 0.176. The largest absolute Gasteiger partial charge is 0.272 e. The maximum absolute atomic E-state index is 12.3. The number of halogens is 2. The first-order valence-corrected chi connectivity index (χ1v) is 12.1. The standard InChI is InChI=1S/C23H17Br2N5OS/c24-18-9-11-20(12-10-18)30-22(17-6-2-1-3-7-17)28-29-23(30)32-15-21(31)27-26-14-16-5-4-8-19(25)13-16/h1-14H,15H2,(H,27,31)/b26-14-. The molecule has 0 unspecified atom stereocenters. The maximum Gasteiger partial charge on any atom is 0.250 e. The fourth-order valence-corrected chi connectivity index (χ4v) is 4.31. The Balaban J connectivity index is 1.50. The first-order chi connectivity index (χ1) is 15.6. The molecular weight excluding hydrogens is 554 g/mol. The van der Waals surface area contributed by atoms with Gasteiger partial charge in [-0.3, -0.25) is 9.36 Å². The number of aromatic nitrogens is 3. The molecule has 1 N–H and O–H groups in total. The van der Waals surface area contributed by atoms with E-state index in [0.29, 0.717) is 11.0 Å². The van der Waals surface area contributed by atoms with E-state index in [0.717, 1.165) is 25.8 Å². The number of nitrogens with zero attached hydrogens (tertiary/aromatic N) is 4. The number of carbonyl (C=O) groups is 1. The number of hydrazone groups is 1. The average molecular weight is 571 g/mol. The lowest BCUT2D eigenvalue weighted by Crippen LogP contribution is -2.20. The Morgan fingerprint density at radius 1 is 0.969 bits per heavy atom. The summed E-state index contributed by atoms with van der Waals surface area (Å²) in [4.78, 5) is 12.3. The van der Waals surface area contributed by atoms with Crippen LogP contribution >= 0.6 is 43.6 Å². The van der Waals surface area contributed by atoms with E-state index in [-0.39, 0.29) is 11.7 Å². The van der Waals surface area contributed by atoms with Gasteiger partial charge in [0.05, 0.1) is 12.0 Å². The highest BCUT2D eigenvalue weighted by molar-refractivity contribution is 9.10. The number of rotatable bonds is 7. The highest BCUT2D eigenvalue weighted by Crippen LogP contribution is 2.28. The molecule has 3 aromatic carbocycles. The third-order valence-corrected chi connectivity index (χ3v) is 6.28. The van der Waals surface area contributed by atoms with E-state index >= 15 is 0 Å². The van der Waals surface area contributed by atoms with Crippen molar-refractivity contribution in [1.82, 2.24) is 20.2 Å². The molecular formula is C23H17Br2N5OS. The van der Waals surface area contributed by atoms with Crippen LogP contribution in [0.1, 0.15) is 5.56 Å². The Morgan fingerprint density at radius 3 is 2.50 bits per heavy atom. The fraction of sp³-hybridized carbons (Fsp3) is 0.0435. The first-order valence-electron chi connectivity index (χ1n) is 9.57. The Kier molecular flexibility index (Phi) is 7.51. The lowest BCUT2D eigenvalue weighted by molar-refractivity contribution is -0.118. The van der Waals surface area contributed by atoms with Crippen LogP contribution in [0.2, 0.25) is 0 Å². The van der Waals surface area contributed by atoms with Gasteiger partial charge in [-0.1, -0.05) is 86.1 Å². The first kappa shape index (κ1) is 22.4. The second kappa shape index (κ2) is 10.7. The van der Waals surface area contributed by atoms with Gasteiger partial charge in [0.15, 0.2) is 11.0 Å². The summed E-state index contributed by atoms with van der Waals surface area (Å²) >= 11 is 8.19. The minimum atomic E-state index is -0.229. The summed E-state index contributed by atoms with van der Waals surface area (Å²) in [7, 11) is 0. The van der Waals surface area contributed by atoms with Crippen molar-refractivity contribution in [3.8, 4) is 17.1 Å². The van der Waals surface area contributed by atoms with Crippen molar-refractivity contribution in [3.63, 3.8) is 0 Å². The molecule has 4 aromatic rings. The Hall–Kier alpha value is -2.75. The van der Waals surface area contributed by atoms with Crippen LogP contribution in [-0.4, -0.2) is 32.6 Å². The van der Waals surface area contributed by atoms with E-state index in [2.05, 4.69) is 52.6 Å². The molecule has 6 nitrogen and oxygen atoms in total. The van der Waals surface area contributed by atoms with Crippen molar-refractivity contribution in [2.75, 3.05) is 5.75 Å². The van der Waals surface area contributed by atoms with Crippen LogP contribution in [0.25, 0.3) is 17.1 Å². The van der Waals surface area contributed by atoms with Crippen LogP contribution in [0.3, 0.4) is 0 Å². The smallest absolute Gasteiger partial charge is 0.250 e. The molecule has 1 aromatic heterocycles. The van der Waals surface area contributed by atoms with Gasteiger partial charge in [0, 0.05) is 20.2 Å². The molecule has 0 saturated heterocycles. The van der Waals surface area contributed by atoms with Crippen molar-refractivity contribution in [1.29, 1.82) is 0 Å². The number of carbonyl (C=O) groups excluding carboxylic acids is 1. The molecule has 160 valence electrons. The van der Waals surface area contributed by atoms with Gasteiger partial charge in [0.2, 0.25) is 0 Å². The highest BCUT2D eigenvalue weighted by Gasteiger charge is 2.17. The predicted octanol–water partition coefficient (Wildman–Crippen LogP) is 5.70. The number of hydrogen-bond donors (Lipinski definition) is 1. The van der Waals surface area contributed by atoms with Gasteiger partial charge < -0.3 is 0 Å². The zero-order valence-electron chi connectivity index (χ0n) is 16.7. The van der Waals surface area contributed by atoms with Gasteiger partial charge in [0.25, 0.3) is 5.91 Å². The summed E-state index contributed by atoms with van der Waals surface area (Å²) in [6.07, 6.45) is 1.60. The second-order valence-corrected chi connectivity index (χ2v) is 9.39. The minimum absolute atomic E-state index is 0.152. The van der Waals surface area contributed by atoms with E-state index in [1.165, 1.54) is 11.8 Å². The summed E-state index contributed by atoms with van der Waals surface area (Å²) < 4.78 is 3.88. The molecule has 0 aliphatic heterocycles. The fourth-order valence-electron chi connectivity index (χ4n) is 2.89. The Bertz CT molecular complexity index is 1240. The van der Waals surface area contributed by atoms with Crippen LogP contribution in [0.4, 0.5) is 0 Å². The van der Waals surface area contributed by atoms with Gasteiger partial charge in [-0.2, -0.15) is 5.10 Å². The van der Waals surface area contributed by atoms with Crippen LogP contribution in [-0.2, 0) is 4.79 Å². The molecule has 1 amide bonds. The van der Waals surface area contributed by atoms with Crippen LogP contribution in [0.5, 0.6) is 0 Å². The van der Waals surface area contributed by atoms with Gasteiger partial charge in [0.1, 0.15) is 0 Å². The van der Waals surface area contributed by atoms with Crippen LogP contribution in [0, 0.1) is 0 Å². The number of thioether (sulfide) groups is 1. The third kappa shape index (κ3) is 5.73. The maximum atomic E-state index is 12.3. The monoisotopic (exact) mass is 569 g/mol. The SMILES string of the molecule is O=C(CSc1nnc(-c2ccccc2)n1-c1ccc(Br)cc1)N/N=C\c1cccc(Br)c1. The van der Waals surface area contributed by atoms with E-state index in [4.69, 9.17) is 0 Å². The lowest BCUT2D eigenvalue weighted by Gasteiger charge is -2.10. The second-order valence-electron chi connectivity index (χ2n) is 6.62. The number of nitrogens with one attached hydrogen (secondary N) is 1. The normalized spacial score (nSPS) is 11.1. The van der Waals surface area contributed by atoms with Gasteiger partial charge in [-0.15, -0.1) is 10.2 Å². The lowest BCUT2D eigenvalue weighted by atomic mass is 10.2. The predicted molar refractivity (Wildman–Crippen MR) is 135 cm³/mol. The van der Waals surface area contributed by atoms with Gasteiger partial charge >= 0.3 is 0 Å². The summed E-state index contributed by atoms with van der Waals surface area (Å²) in [5.41, 5.74) is 5.29. The van der Waals surface area contributed by atoms with Crippen molar-refractivity contribution in [2.24, 2.45) is 5.10 Å². The van der Waals surface area contributed by atoms with Crippen molar-refractivity contribution in [2.45, 2.75) is 5.16 Å².